The number of nitrogens with one attached hydrogen (secondary N) is 3. The van der Waals surface area contributed by atoms with Crippen molar-refractivity contribution in [1.29, 1.82) is 0 Å². The van der Waals surface area contributed by atoms with Gasteiger partial charge in [-0.05, 0) is 41.8 Å². The Bertz CT molecular complexity index is 671. The van der Waals surface area contributed by atoms with E-state index in [1.165, 1.54) is 17.7 Å². The molecule has 0 aliphatic heterocycles. The number of hydrogen-bond donors (Lipinski definition) is 3. The number of halogens is 1. The predicted molar refractivity (Wildman–Crippen MR) is 105 cm³/mol. The maximum Gasteiger partial charge on any atom is 0.191 e. The monoisotopic (exact) mass is 358 g/mol. The van der Waals surface area contributed by atoms with Gasteiger partial charge in [0.25, 0.3) is 0 Å². The molecule has 0 unspecified atom stereocenters. The van der Waals surface area contributed by atoms with Crippen molar-refractivity contribution in [2.24, 2.45) is 4.99 Å². The van der Waals surface area contributed by atoms with Gasteiger partial charge in [0.05, 0.1) is 6.61 Å². The Hall–Kier alpha value is -2.60. The normalized spacial score (nSPS) is 11.3. The van der Waals surface area contributed by atoms with E-state index in [0.717, 1.165) is 36.7 Å². The lowest BCUT2D eigenvalue weighted by Gasteiger charge is -2.12. The van der Waals surface area contributed by atoms with Crippen molar-refractivity contribution in [3.05, 3.63) is 65.5 Å². The van der Waals surface area contributed by atoms with Crippen LogP contribution in [0.1, 0.15) is 11.1 Å². The van der Waals surface area contributed by atoms with Crippen LogP contribution in [0.25, 0.3) is 0 Å². The molecule has 0 bridgehead atoms. The first-order valence-electron chi connectivity index (χ1n) is 8.72. The van der Waals surface area contributed by atoms with Gasteiger partial charge in [-0.1, -0.05) is 24.3 Å². The summed E-state index contributed by atoms with van der Waals surface area (Å²) >= 11 is 0. The number of rotatable bonds is 9. The fourth-order valence-electron chi connectivity index (χ4n) is 2.42. The van der Waals surface area contributed by atoms with Crippen LogP contribution in [0.5, 0.6) is 0 Å². The maximum atomic E-state index is 12.9. The highest BCUT2D eigenvalue weighted by molar-refractivity contribution is 5.79. The summed E-state index contributed by atoms with van der Waals surface area (Å²) in [7, 11) is 3.44. The third kappa shape index (κ3) is 7.11. The number of guanidine groups is 1. The van der Waals surface area contributed by atoms with Gasteiger partial charge in [0, 0.05) is 39.5 Å². The Labute approximate surface area is 154 Å². The SMILES string of the molecule is CN=C(NCCc1ccc(F)cc1)NCc1ccc(NCCOC)cc1. The van der Waals surface area contributed by atoms with Gasteiger partial charge in [0.1, 0.15) is 5.82 Å². The van der Waals surface area contributed by atoms with Gasteiger partial charge in [-0.2, -0.15) is 0 Å². The average Bonchev–Trinajstić information content (AvgIpc) is 2.67. The Morgan fingerprint density at radius 2 is 1.65 bits per heavy atom. The number of benzene rings is 2. The van der Waals surface area contributed by atoms with Gasteiger partial charge in [-0.25, -0.2) is 4.39 Å². The van der Waals surface area contributed by atoms with Gasteiger partial charge in [-0.15, -0.1) is 0 Å². The number of ether oxygens (including phenoxy) is 1. The fourth-order valence-corrected chi connectivity index (χ4v) is 2.42. The van der Waals surface area contributed by atoms with Crippen molar-refractivity contribution in [2.45, 2.75) is 13.0 Å². The number of aliphatic imine (C=N–C) groups is 1. The van der Waals surface area contributed by atoms with Crippen LogP contribution in [0, 0.1) is 5.82 Å². The minimum absolute atomic E-state index is 0.209. The van der Waals surface area contributed by atoms with Gasteiger partial charge in [0.15, 0.2) is 5.96 Å². The van der Waals surface area contributed by atoms with E-state index in [4.69, 9.17) is 4.74 Å². The second-order valence-corrected chi connectivity index (χ2v) is 5.85. The molecule has 0 amide bonds. The van der Waals surface area contributed by atoms with Crippen LogP contribution < -0.4 is 16.0 Å². The molecule has 0 aromatic heterocycles. The third-order valence-electron chi connectivity index (χ3n) is 3.89. The Morgan fingerprint density at radius 3 is 2.31 bits per heavy atom. The predicted octanol–water partition coefficient (Wildman–Crippen LogP) is 2.79. The van der Waals surface area contributed by atoms with E-state index >= 15 is 0 Å². The van der Waals surface area contributed by atoms with E-state index in [1.807, 2.05) is 0 Å². The van der Waals surface area contributed by atoms with E-state index in [-0.39, 0.29) is 5.82 Å². The highest BCUT2D eigenvalue weighted by atomic mass is 19.1. The first kappa shape index (κ1) is 19.7. The minimum atomic E-state index is -0.209. The number of hydrogen-bond acceptors (Lipinski definition) is 3. The second-order valence-electron chi connectivity index (χ2n) is 5.85. The van der Waals surface area contributed by atoms with Crippen LogP contribution in [0.3, 0.4) is 0 Å². The summed E-state index contributed by atoms with van der Waals surface area (Å²) in [4.78, 5) is 4.22. The summed E-state index contributed by atoms with van der Waals surface area (Å²) in [5, 5.41) is 9.85. The maximum absolute atomic E-state index is 12.9. The molecule has 0 aliphatic carbocycles. The summed E-state index contributed by atoms with van der Waals surface area (Å²) < 4.78 is 17.9. The quantitative estimate of drug-likeness (QED) is 0.367. The van der Waals surface area contributed by atoms with Crippen molar-refractivity contribution >= 4 is 11.6 Å². The molecule has 0 aliphatic rings. The lowest BCUT2D eigenvalue weighted by atomic mass is 10.1. The van der Waals surface area contributed by atoms with E-state index in [2.05, 4.69) is 45.2 Å². The Kier molecular flexibility index (Phi) is 8.42. The molecular formula is C20H27FN4O. The van der Waals surface area contributed by atoms with Crippen molar-refractivity contribution in [2.75, 3.05) is 39.2 Å². The highest BCUT2D eigenvalue weighted by Gasteiger charge is 2.00. The number of nitrogens with zero attached hydrogens (tertiary/aromatic N) is 1. The summed E-state index contributed by atoms with van der Waals surface area (Å²) in [6.07, 6.45) is 0.808. The van der Waals surface area contributed by atoms with Crippen LogP contribution in [0.2, 0.25) is 0 Å². The third-order valence-corrected chi connectivity index (χ3v) is 3.89. The van der Waals surface area contributed by atoms with Crippen LogP contribution in [-0.4, -0.2) is 39.8 Å². The zero-order chi connectivity index (χ0) is 18.6. The molecular weight excluding hydrogens is 331 g/mol. The zero-order valence-electron chi connectivity index (χ0n) is 15.4. The Balaban J connectivity index is 1.71. The first-order chi connectivity index (χ1) is 12.7. The summed E-state index contributed by atoms with van der Waals surface area (Å²) in [5.74, 6) is 0.536. The topological polar surface area (TPSA) is 57.7 Å². The van der Waals surface area contributed by atoms with Crippen LogP contribution in [-0.2, 0) is 17.7 Å². The van der Waals surface area contributed by atoms with Crippen molar-refractivity contribution < 1.29 is 9.13 Å². The molecule has 0 fully saturated rings. The highest BCUT2D eigenvalue weighted by Crippen LogP contribution is 2.09. The second kappa shape index (κ2) is 11.1. The van der Waals surface area contributed by atoms with Gasteiger partial charge < -0.3 is 20.7 Å². The fraction of sp³-hybridized carbons (Fsp3) is 0.350. The number of anilines is 1. The van der Waals surface area contributed by atoms with Crippen molar-refractivity contribution in [3.8, 4) is 0 Å². The van der Waals surface area contributed by atoms with Crippen LogP contribution >= 0.6 is 0 Å². The van der Waals surface area contributed by atoms with E-state index in [0.29, 0.717) is 13.2 Å². The van der Waals surface area contributed by atoms with Gasteiger partial charge >= 0.3 is 0 Å². The molecule has 140 valence electrons. The number of methoxy groups -OCH3 is 1. The first-order valence-corrected chi connectivity index (χ1v) is 8.72. The van der Waals surface area contributed by atoms with E-state index in [1.54, 1.807) is 26.3 Å². The largest absolute Gasteiger partial charge is 0.383 e. The van der Waals surface area contributed by atoms with Crippen LogP contribution in [0.15, 0.2) is 53.5 Å². The molecule has 0 radical (unpaired) electrons. The van der Waals surface area contributed by atoms with Crippen molar-refractivity contribution in [1.82, 2.24) is 10.6 Å². The van der Waals surface area contributed by atoms with E-state index in [9.17, 15) is 4.39 Å². The molecule has 2 aromatic rings. The summed E-state index contributed by atoms with van der Waals surface area (Å²) in [6.45, 7) is 2.89. The minimum Gasteiger partial charge on any atom is -0.383 e. The zero-order valence-corrected chi connectivity index (χ0v) is 15.4. The molecule has 0 saturated heterocycles. The summed E-state index contributed by atoms with van der Waals surface area (Å²) in [5.41, 5.74) is 3.34. The molecule has 5 nitrogen and oxygen atoms in total. The lowest BCUT2D eigenvalue weighted by Crippen LogP contribution is -2.37. The average molecular weight is 358 g/mol. The lowest BCUT2D eigenvalue weighted by molar-refractivity contribution is 0.211. The molecule has 6 heteroatoms. The van der Waals surface area contributed by atoms with Gasteiger partial charge in [-0.3, -0.25) is 4.99 Å². The van der Waals surface area contributed by atoms with Crippen molar-refractivity contribution in [3.63, 3.8) is 0 Å². The molecule has 2 rings (SSSR count). The molecule has 0 atom stereocenters. The molecule has 2 aromatic carbocycles. The van der Waals surface area contributed by atoms with Crippen LogP contribution in [0.4, 0.5) is 10.1 Å². The molecule has 0 spiro atoms. The standard InChI is InChI=1S/C20H27FN4O/c1-22-20(24-12-11-16-3-7-18(21)8-4-16)25-15-17-5-9-19(10-6-17)23-13-14-26-2/h3-10,23H,11-15H2,1-2H3,(H2,22,24,25). The smallest absolute Gasteiger partial charge is 0.191 e. The molecule has 0 heterocycles. The van der Waals surface area contributed by atoms with Gasteiger partial charge in [0.2, 0.25) is 0 Å². The molecule has 3 N–H and O–H groups in total. The summed E-state index contributed by atoms with van der Waals surface area (Å²) in [6, 6.07) is 14.8. The molecule has 26 heavy (non-hydrogen) atoms. The van der Waals surface area contributed by atoms with E-state index < -0.39 is 0 Å². The Morgan fingerprint density at radius 1 is 0.962 bits per heavy atom. The molecule has 0 saturated carbocycles.